The van der Waals surface area contributed by atoms with Crippen LogP contribution in [0.4, 0.5) is 13.2 Å². The Morgan fingerprint density at radius 3 is 2.32 bits per heavy atom. The Morgan fingerprint density at radius 1 is 1.00 bits per heavy atom. The molecule has 1 unspecified atom stereocenters. The summed E-state index contributed by atoms with van der Waals surface area (Å²) in [4.78, 5) is 8.94. The van der Waals surface area contributed by atoms with Crippen LogP contribution in [-0.4, -0.2) is 31.3 Å². The molecule has 0 aliphatic heterocycles. The van der Waals surface area contributed by atoms with Gasteiger partial charge >= 0.3 is 6.18 Å². The van der Waals surface area contributed by atoms with E-state index < -0.39 is 17.3 Å². The highest BCUT2D eigenvalue weighted by atomic mass is 19.4. The van der Waals surface area contributed by atoms with Gasteiger partial charge in [-0.3, -0.25) is 0 Å². The van der Waals surface area contributed by atoms with Crippen LogP contribution in [0.3, 0.4) is 0 Å². The lowest BCUT2D eigenvalue weighted by atomic mass is 9.85. The first-order chi connectivity index (χ1) is 19.4. The van der Waals surface area contributed by atoms with Gasteiger partial charge in [0.15, 0.2) is 5.60 Å². The van der Waals surface area contributed by atoms with Gasteiger partial charge in [-0.25, -0.2) is 9.97 Å². The molecule has 0 radical (unpaired) electrons. The average molecular weight is 560 g/mol. The Hall–Kier alpha value is -4.62. The van der Waals surface area contributed by atoms with Crippen molar-refractivity contribution < 1.29 is 23.0 Å². The van der Waals surface area contributed by atoms with Crippen LogP contribution in [0, 0.1) is 25.2 Å². The predicted octanol–water partition coefficient (Wildman–Crippen LogP) is 5.70. The molecule has 7 nitrogen and oxygen atoms in total. The van der Waals surface area contributed by atoms with Crippen LogP contribution < -0.4 is 4.74 Å². The van der Waals surface area contributed by atoms with Gasteiger partial charge in [-0.15, -0.1) is 0 Å². The van der Waals surface area contributed by atoms with Crippen molar-refractivity contribution in [1.82, 2.24) is 19.1 Å². The molecule has 1 atom stereocenters. The van der Waals surface area contributed by atoms with Crippen LogP contribution in [0.25, 0.3) is 10.9 Å². The third-order valence-electron chi connectivity index (χ3n) is 7.80. The monoisotopic (exact) mass is 559 g/mol. The van der Waals surface area contributed by atoms with Gasteiger partial charge in [-0.2, -0.15) is 18.4 Å². The predicted molar refractivity (Wildman–Crippen MR) is 147 cm³/mol. The van der Waals surface area contributed by atoms with Gasteiger partial charge in [0.25, 0.3) is 0 Å². The van der Waals surface area contributed by atoms with Gasteiger partial charge in [-0.1, -0.05) is 24.3 Å². The van der Waals surface area contributed by atoms with Crippen LogP contribution in [0.2, 0.25) is 0 Å². The number of aromatic nitrogens is 4. The smallest absolute Gasteiger partial charge is 0.416 e. The van der Waals surface area contributed by atoms with Gasteiger partial charge in [0, 0.05) is 37.2 Å². The first-order valence-corrected chi connectivity index (χ1v) is 12.8. The molecule has 3 aromatic heterocycles. The molecular formula is C31H28F3N5O2. The van der Waals surface area contributed by atoms with E-state index in [0.717, 1.165) is 11.8 Å². The number of imidazole rings is 1. The quantitative estimate of drug-likeness (QED) is 0.289. The number of hydrogen-bond donors (Lipinski definition) is 1. The van der Waals surface area contributed by atoms with E-state index in [-0.39, 0.29) is 29.0 Å². The highest BCUT2D eigenvalue weighted by molar-refractivity contribution is 5.88. The molecule has 0 aliphatic rings. The van der Waals surface area contributed by atoms with Crippen molar-refractivity contribution in [3.63, 3.8) is 0 Å². The van der Waals surface area contributed by atoms with Crippen LogP contribution in [-0.2, 0) is 32.3 Å². The van der Waals surface area contributed by atoms with E-state index in [1.54, 1.807) is 29.0 Å². The molecule has 0 saturated heterocycles. The van der Waals surface area contributed by atoms with Crippen LogP contribution >= 0.6 is 0 Å². The first-order valence-electron chi connectivity index (χ1n) is 12.8. The standard InChI is InChI=1S/C31H28F3N5O2/c1-18-10-13-27(38(18)3)30(40,28-17-36-19(2)39(28)4)21-11-12-26-22(15-21)24(16-35)23(29(37-26)41-5)14-20-8-6-7-9-25(20)31(32,33)34/h6-13,15,17,40H,14H2,1-5H3. The van der Waals surface area contributed by atoms with Crippen molar-refractivity contribution in [2.75, 3.05) is 7.11 Å². The number of hydrogen-bond acceptors (Lipinski definition) is 5. The van der Waals surface area contributed by atoms with Crippen molar-refractivity contribution in [1.29, 1.82) is 5.26 Å². The van der Waals surface area contributed by atoms with Gasteiger partial charge < -0.3 is 19.0 Å². The summed E-state index contributed by atoms with van der Waals surface area (Å²) < 4.78 is 50.5. The number of fused-ring (bicyclic) bond motifs is 1. The summed E-state index contributed by atoms with van der Waals surface area (Å²) in [6.45, 7) is 3.75. The Balaban J connectivity index is 1.78. The minimum atomic E-state index is -4.57. The summed E-state index contributed by atoms with van der Waals surface area (Å²) in [6, 6.07) is 16.2. The van der Waals surface area contributed by atoms with Crippen LogP contribution in [0.1, 0.15) is 50.7 Å². The number of rotatable bonds is 6. The Bertz CT molecular complexity index is 1780. The summed E-state index contributed by atoms with van der Waals surface area (Å²) in [7, 11) is 5.02. The largest absolute Gasteiger partial charge is 0.481 e. The van der Waals surface area contributed by atoms with Crippen molar-refractivity contribution in [3.8, 4) is 11.9 Å². The molecule has 5 rings (SSSR count). The lowest BCUT2D eigenvalue weighted by molar-refractivity contribution is -0.138. The van der Waals surface area contributed by atoms with E-state index in [2.05, 4.69) is 16.0 Å². The summed E-state index contributed by atoms with van der Waals surface area (Å²) in [5.74, 6) is 0.759. The lowest BCUT2D eigenvalue weighted by Crippen LogP contribution is -2.33. The van der Waals surface area contributed by atoms with E-state index in [4.69, 9.17) is 4.74 Å². The molecule has 2 aromatic carbocycles. The normalized spacial score (nSPS) is 13.3. The van der Waals surface area contributed by atoms with Gasteiger partial charge in [0.05, 0.1) is 41.3 Å². The number of aryl methyl sites for hydroxylation is 2. The summed E-state index contributed by atoms with van der Waals surface area (Å²) in [5, 5.41) is 23.2. The Labute approximate surface area is 235 Å². The zero-order chi connectivity index (χ0) is 29.7. The molecular weight excluding hydrogens is 531 g/mol. The Kier molecular flexibility index (Phi) is 6.87. The minimum absolute atomic E-state index is 0.00625. The van der Waals surface area contributed by atoms with Crippen LogP contribution in [0.15, 0.2) is 60.8 Å². The summed E-state index contributed by atoms with van der Waals surface area (Å²) in [6.07, 6.45) is -3.19. The maximum atomic E-state index is 13.8. The molecule has 5 aromatic rings. The fourth-order valence-corrected chi connectivity index (χ4v) is 5.35. The zero-order valence-electron chi connectivity index (χ0n) is 23.2. The van der Waals surface area contributed by atoms with Crippen molar-refractivity contribution in [2.24, 2.45) is 14.1 Å². The topological polar surface area (TPSA) is 88.9 Å². The van der Waals surface area contributed by atoms with Crippen LogP contribution in [0.5, 0.6) is 5.88 Å². The number of pyridine rings is 1. The van der Waals surface area contributed by atoms with Crippen molar-refractivity contribution in [3.05, 3.63) is 112 Å². The molecule has 210 valence electrons. The number of alkyl halides is 3. The molecule has 0 amide bonds. The van der Waals surface area contributed by atoms with E-state index >= 15 is 0 Å². The first kappa shape index (κ1) is 27.9. The number of benzene rings is 2. The second-order valence-corrected chi connectivity index (χ2v) is 10.0. The van der Waals surface area contributed by atoms with Gasteiger partial charge in [0.1, 0.15) is 11.9 Å². The average Bonchev–Trinajstić information content (AvgIpc) is 3.47. The number of nitrogens with zero attached hydrogens (tertiary/aromatic N) is 5. The molecule has 0 aliphatic carbocycles. The Morgan fingerprint density at radius 2 is 1.73 bits per heavy atom. The number of nitriles is 1. The summed E-state index contributed by atoms with van der Waals surface area (Å²) >= 11 is 0. The fourth-order valence-electron chi connectivity index (χ4n) is 5.35. The summed E-state index contributed by atoms with van der Waals surface area (Å²) in [5.41, 5.74) is 0.736. The molecule has 0 bridgehead atoms. The lowest BCUT2D eigenvalue weighted by Gasteiger charge is -2.31. The van der Waals surface area contributed by atoms with Crippen molar-refractivity contribution >= 4 is 10.9 Å². The molecule has 0 saturated carbocycles. The van der Waals surface area contributed by atoms with E-state index in [1.807, 2.05) is 44.6 Å². The highest BCUT2D eigenvalue weighted by Crippen LogP contribution is 2.41. The molecule has 1 N–H and O–H groups in total. The van der Waals surface area contributed by atoms with Gasteiger partial charge in [-0.05, 0) is 55.3 Å². The molecule has 0 spiro atoms. The third-order valence-corrected chi connectivity index (χ3v) is 7.80. The highest BCUT2D eigenvalue weighted by Gasteiger charge is 2.40. The minimum Gasteiger partial charge on any atom is -0.481 e. The third kappa shape index (κ3) is 4.52. The SMILES string of the molecule is COc1nc2ccc(C(O)(c3ccc(C)n3C)c3cnc(C)n3C)cc2c(C#N)c1Cc1ccccc1C(F)(F)F. The molecule has 0 fully saturated rings. The second kappa shape index (κ2) is 10.1. The fraction of sp³-hybridized carbons (Fsp3) is 0.258. The van der Waals surface area contributed by atoms with Gasteiger partial charge in [0.2, 0.25) is 5.88 Å². The van der Waals surface area contributed by atoms with E-state index in [1.165, 1.54) is 25.3 Å². The molecule has 10 heteroatoms. The number of ether oxygens (including phenoxy) is 1. The van der Waals surface area contributed by atoms with E-state index in [9.17, 15) is 23.5 Å². The number of halogens is 3. The van der Waals surface area contributed by atoms with Crippen molar-refractivity contribution in [2.45, 2.75) is 32.0 Å². The van der Waals surface area contributed by atoms with E-state index in [0.29, 0.717) is 33.7 Å². The maximum Gasteiger partial charge on any atom is 0.416 e. The number of aliphatic hydroxyl groups is 1. The zero-order valence-corrected chi connectivity index (χ0v) is 23.2. The maximum absolute atomic E-state index is 13.8. The molecule has 3 heterocycles. The molecule has 41 heavy (non-hydrogen) atoms. The second-order valence-electron chi connectivity index (χ2n) is 10.0. The number of methoxy groups -OCH3 is 1.